The largest absolute Gasteiger partial charge is 0.368 e. The molecule has 1 heterocycles. The molecule has 0 unspecified atom stereocenters. The third-order valence-corrected chi connectivity index (χ3v) is 5.15. The van der Waals surface area contributed by atoms with Crippen molar-refractivity contribution in [3.05, 3.63) is 0 Å². The summed E-state index contributed by atoms with van der Waals surface area (Å²) in [7, 11) is -3.55. The van der Waals surface area contributed by atoms with Crippen molar-refractivity contribution in [1.29, 1.82) is 0 Å². The molecule has 1 aliphatic rings. The molecule has 1 rings (SSSR count). The molecule has 2 N–H and O–H groups in total. The van der Waals surface area contributed by atoms with Gasteiger partial charge in [-0.2, -0.15) is 17.0 Å². The average Bonchev–Trinajstić information content (AvgIpc) is 2.78. The Morgan fingerprint density at radius 3 is 2.33 bits per heavy atom. The van der Waals surface area contributed by atoms with Gasteiger partial charge in [0.15, 0.2) is 0 Å². The van der Waals surface area contributed by atoms with Gasteiger partial charge in [-0.25, -0.2) is 0 Å². The summed E-state index contributed by atoms with van der Waals surface area (Å²) in [5, 5.41) is 0. The Morgan fingerprint density at radius 1 is 1.33 bits per heavy atom. The molecule has 0 aliphatic carbocycles. The second-order valence-electron chi connectivity index (χ2n) is 4.58. The molecule has 1 atom stereocenters. The number of rotatable bonds is 7. The molecule has 1 fully saturated rings. The van der Waals surface area contributed by atoms with Crippen LogP contribution in [0.3, 0.4) is 0 Å². The van der Waals surface area contributed by atoms with Crippen molar-refractivity contribution >= 4 is 16.1 Å². The highest BCUT2D eigenvalue weighted by Crippen LogP contribution is 2.23. The van der Waals surface area contributed by atoms with Gasteiger partial charge in [0.25, 0.3) is 10.2 Å². The lowest BCUT2D eigenvalue weighted by Gasteiger charge is -2.29. The summed E-state index contributed by atoms with van der Waals surface area (Å²) in [6.45, 7) is 5.23. The molecular weight excluding hydrogens is 254 g/mol. The first-order valence-corrected chi connectivity index (χ1v) is 7.91. The van der Waals surface area contributed by atoms with Crippen LogP contribution in [-0.4, -0.2) is 48.6 Å². The monoisotopic (exact) mass is 277 g/mol. The van der Waals surface area contributed by atoms with Crippen LogP contribution < -0.4 is 5.73 Å². The predicted molar refractivity (Wildman–Crippen MR) is 70.0 cm³/mol. The maximum Gasteiger partial charge on any atom is 0.282 e. The molecule has 7 heteroatoms. The van der Waals surface area contributed by atoms with E-state index in [1.807, 2.05) is 13.8 Å². The van der Waals surface area contributed by atoms with E-state index in [2.05, 4.69) is 0 Å². The van der Waals surface area contributed by atoms with Crippen molar-refractivity contribution in [3.8, 4) is 0 Å². The van der Waals surface area contributed by atoms with Crippen LogP contribution in [0, 0.1) is 0 Å². The number of amides is 1. The lowest BCUT2D eigenvalue weighted by molar-refractivity contribution is -0.121. The minimum atomic E-state index is -3.55. The summed E-state index contributed by atoms with van der Waals surface area (Å²) in [5.41, 5.74) is 5.27. The Kier molecular flexibility index (Phi) is 5.55. The predicted octanol–water partition coefficient (Wildman–Crippen LogP) is 0.303. The lowest BCUT2D eigenvalue weighted by Crippen LogP contribution is -2.50. The fourth-order valence-corrected chi connectivity index (χ4v) is 4.30. The molecule has 0 aromatic heterocycles. The molecule has 0 spiro atoms. The smallest absolute Gasteiger partial charge is 0.282 e. The first-order valence-electron chi connectivity index (χ1n) is 6.51. The Bertz CT molecular complexity index is 377. The second kappa shape index (κ2) is 6.49. The minimum Gasteiger partial charge on any atom is -0.368 e. The van der Waals surface area contributed by atoms with Gasteiger partial charge in [0.2, 0.25) is 5.91 Å². The van der Waals surface area contributed by atoms with Gasteiger partial charge < -0.3 is 5.73 Å². The summed E-state index contributed by atoms with van der Waals surface area (Å²) in [6, 6.07) is -0.675. The van der Waals surface area contributed by atoms with E-state index in [9.17, 15) is 13.2 Å². The van der Waals surface area contributed by atoms with E-state index in [0.29, 0.717) is 32.5 Å². The maximum atomic E-state index is 12.5. The van der Waals surface area contributed by atoms with Crippen LogP contribution in [0.2, 0.25) is 0 Å². The lowest BCUT2D eigenvalue weighted by atomic mass is 10.2. The molecule has 106 valence electrons. The summed E-state index contributed by atoms with van der Waals surface area (Å²) < 4.78 is 27.7. The highest BCUT2D eigenvalue weighted by molar-refractivity contribution is 7.86. The van der Waals surface area contributed by atoms with Crippen LogP contribution in [0.1, 0.15) is 39.5 Å². The topological polar surface area (TPSA) is 83.7 Å². The molecule has 6 nitrogen and oxygen atoms in total. The third kappa shape index (κ3) is 3.21. The van der Waals surface area contributed by atoms with Crippen molar-refractivity contribution in [2.45, 2.75) is 45.6 Å². The molecule has 0 saturated carbocycles. The molecule has 1 saturated heterocycles. The van der Waals surface area contributed by atoms with Gasteiger partial charge in [0.1, 0.15) is 6.04 Å². The molecule has 1 aliphatic heterocycles. The zero-order valence-electron chi connectivity index (χ0n) is 11.1. The highest BCUT2D eigenvalue weighted by Gasteiger charge is 2.40. The molecule has 0 radical (unpaired) electrons. The van der Waals surface area contributed by atoms with Gasteiger partial charge in [-0.05, 0) is 25.7 Å². The van der Waals surface area contributed by atoms with Gasteiger partial charge in [0, 0.05) is 19.6 Å². The zero-order valence-corrected chi connectivity index (χ0v) is 11.9. The van der Waals surface area contributed by atoms with E-state index in [0.717, 1.165) is 12.8 Å². The molecule has 0 aromatic rings. The fraction of sp³-hybridized carbons (Fsp3) is 0.909. The molecule has 0 bridgehead atoms. The maximum absolute atomic E-state index is 12.5. The third-order valence-electron chi connectivity index (χ3n) is 3.10. The number of primary amides is 1. The van der Waals surface area contributed by atoms with Crippen LogP contribution in [0.15, 0.2) is 0 Å². The minimum absolute atomic E-state index is 0.389. The van der Waals surface area contributed by atoms with Crippen molar-refractivity contribution in [1.82, 2.24) is 8.61 Å². The number of hydrogen-bond donors (Lipinski definition) is 1. The van der Waals surface area contributed by atoms with E-state index >= 15 is 0 Å². The second-order valence-corrected chi connectivity index (χ2v) is 6.46. The van der Waals surface area contributed by atoms with Crippen LogP contribution in [0.4, 0.5) is 0 Å². The van der Waals surface area contributed by atoms with Crippen LogP contribution >= 0.6 is 0 Å². The Hall–Kier alpha value is -0.660. The van der Waals surface area contributed by atoms with Crippen molar-refractivity contribution < 1.29 is 13.2 Å². The van der Waals surface area contributed by atoms with E-state index in [-0.39, 0.29) is 0 Å². The number of hydrogen-bond acceptors (Lipinski definition) is 3. The quantitative estimate of drug-likeness (QED) is 0.726. The summed E-state index contributed by atoms with van der Waals surface area (Å²) in [6.07, 6.45) is 2.74. The SMILES string of the molecule is CCCN(CCC)S(=O)(=O)N1CCC[C@H]1C(N)=O. The first-order chi connectivity index (χ1) is 8.45. The van der Waals surface area contributed by atoms with Crippen molar-refractivity contribution in [2.24, 2.45) is 5.73 Å². The molecule has 1 amide bonds. The normalized spacial score (nSPS) is 21.6. The van der Waals surface area contributed by atoms with E-state index in [4.69, 9.17) is 5.73 Å². The standard InChI is InChI=1S/C11H23N3O3S/c1-3-7-13(8-4-2)18(16,17)14-9-5-6-10(14)11(12)15/h10H,3-9H2,1-2H3,(H2,12,15)/t10-/m0/s1. The molecule has 0 aromatic carbocycles. The number of nitrogens with two attached hydrogens (primary N) is 1. The zero-order chi connectivity index (χ0) is 13.8. The van der Waals surface area contributed by atoms with E-state index < -0.39 is 22.2 Å². The van der Waals surface area contributed by atoms with Crippen LogP contribution in [0.25, 0.3) is 0 Å². The molecule has 18 heavy (non-hydrogen) atoms. The van der Waals surface area contributed by atoms with Gasteiger partial charge >= 0.3 is 0 Å². The van der Waals surface area contributed by atoms with E-state index in [1.165, 1.54) is 8.61 Å². The van der Waals surface area contributed by atoms with Crippen LogP contribution in [0.5, 0.6) is 0 Å². The first kappa shape index (κ1) is 15.4. The fourth-order valence-electron chi connectivity index (χ4n) is 2.29. The average molecular weight is 277 g/mol. The summed E-state index contributed by atoms with van der Waals surface area (Å²) in [5.74, 6) is -0.552. The van der Waals surface area contributed by atoms with Crippen LogP contribution in [-0.2, 0) is 15.0 Å². The Balaban J connectivity index is 2.92. The van der Waals surface area contributed by atoms with E-state index in [1.54, 1.807) is 0 Å². The summed E-state index contributed by atoms with van der Waals surface area (Å²) >= 11 is 0. The van der Waals surface area contributed by atoms with Gasteiger partial charge in [0.05, 0.1) is 0 Å². The Labute approximate surface area is 109 Å². The van der Waals surface area contributed by atoms with Gasteiger partial charge in [-0.1, -0.05) is 13.8 Å². The van der Waals surface area contributed by atoms with Crippen molar-refractivity contribution in [2.75, 3.05) is 19.6 Å². The molecular formula is C11H23N3O3S. The summed E-state index contributed by atoms with van der Waals surface area (Å²) in [4.78, 5) is 11.3. The Morgan fingerprint density at radius 2 is 1.89 bits per heavy atom. The van der Waals surface area contributed by atoms with Crippen molar-refractivity contribution in [3.63, 3.8) is 0 Å². The highest BCUT2D eigenvalue weighted by atomic mass is 32.2. The number of carbonyl (C=O) groups excluding carboxylic acids is 1. The van der Waals surface area contributed by atoms with Gasteiger partial charge in [-0.3, -0.25) is 4.79 Å². The van der Waals surface area contributed by atoms with Gasteiger partial charge in [-0.15, -0.1) is 0 Å². The number of nitrogens with zero attached hydrogens (tertiary/aromatic N) is 2. The number of carbonyl (C=O) groups is 1.